The lowest BCUT2D eigenvalue weighted by Gasteiger charge is -2.28. The number of rotatable bonds is 3. The number of ether oxygens (including phenoxy) is 1. The molecule has 144 valence electrons. The van der Waals surface area contributed by atoms with E-state index in [1.807, 2.05) is 42.3 Å². The average molecular weight is 394 g/mol. The van der Waals surface area contributed by atoms with Gasteiger partial charge in [0, 0.05) is 31.5 Å². The summed E-state index contributed by atoms with van der Waals surface area (Å²) < 4.78 is 5.40. The second-order valence-electron chi connectivity index (χ2n) is 6.90. The lowest BCUT2D eigenvalue weighted by atomic mass is 10.1. The standard InChI is InChI=1S/C22H23N3O2S/c1-16-3-7-18(8-4-16)24(2)22-23-21(26)20(28-22)15-17-5-9-19(10-6-17)25-11-13-27-14-12-25/h3-10,15H,11-14H2,1-2H3/b20-15+. The lowest BCUT2D eigenvalue weighted by molar-refractivity contribution is -0.113. The SMILES string of the molecule is Cc1ccc(N(C)C2=NC(=O)/C(=C\c3ccc(N4CCOCC4)cc3)S2)cc1. The fraction of sp³-hybridized carbons (Fsp3) is 0.273. The second kappa shape index (κ2) is 8.20. The second-order valence-corrected chi connectivity index (χ2v) is 7.90. The fourth-order valence-electron chi connectivity index (χ4n) is 3.17. The molecule has 2 aliphatic rings. The molecular weight excluding hydrogens is 370 g/mol. The highest BCUT2D eigenvalue weighted by Gasteiger charge is 2.25. The van der Waals surface area contributed by atoms with Crippen molar-refractivity contribution in [3.8, 4) is 0 Å². The summed E-state index contributed by atoms with van der Waals surface area (Å²) in [6.07, 6.45) is 1.91. The number of carbonyl (C=O) groups excluding carboxylic acids is 1. The Bertz CT molecular complexity index is 914. The number of aryl methyl sites for hydroxylation is 1. The fourth-order valence-corrected chi connectivity index (χ4v) is 4.07. The van der Waals surface area contributed by atoms with Crippen LogP contribution < -0.4 is 9.80 Å². The number of morpholine rings is 1. The van der Waals surface area contributed by atoms with Crippen molar-refractivity contribution in [1.82, 2.24) is 0 Å². The Labute approximate surface area is 169 Å². The van der Waals surface area contributed by atoms with Gasteiger partial charge in [0.25, 0.3) is 5.91 Å². The van der Waals surface area contributed by atoms with Crippen molar-refractivity contribution in [2.45, 2.75) is 6.92 Å². The number of amides is 1. The summed E-state index contributed by atoms with van der Waals surface area (Å²) in [5.74, 6) is -0.184. The Kier molecular flexibility index (Phi) is 5.50. The molecule has 5 nitrogen and oxygen atoms in total. The van der Waals surface area contributed by atoms with Crippen LogP contribution >= 0.6 is 11.8 Å². The number of benzene rings is 2. The Morgan fingerprint density at radius 1 is 1.07 bits per heavy atom. The number of thioether (sulfide) groups is 1. The van der Waals surface area contributed by atoms with E-state index in [0.29, 0.717) is 10.1 Å². The average Bonchev–Trinajstić information content (AvgIpc) is 3.09. The summed E-state index contributed by atoms with van der Waals surface area (Å²) in [4.78, 5) is 21.5. The highest BCUT2D eigenvalue weighted by Crippen LogP contribution is 2.32. The maximum atomic E-state index is 12.4. The third-order valence-electron chi connectivity index (χ3n) is 4.88. The topological polar surface area (TPSA) is 45.1 Å². The van der Waals surface area contributed by atoms with E-state index in [1.165, 1.54) is 23.0 Å². The van der Waals surface area contributed by atoms with E-state index in [0.717, 1.165) is 37.6 Å². The summed E-state index contributed by atoms with van der Waals surface area (Å²) in [7, 11) is 1.93. The largest absolute Gasteiger partial charge is 0.378 e. The van der Waals surface area contributed by atoms with Gasteiger partial charge in [-0.25, -0.2) is 0 Å². The van der Waals surface area contributed by atoms with Crippen molar-refractivity contribution in [2.75, 3.05) is 43.2 Å². The Morgan fingerprint density at radius 2 is 1.75 bits per heavy atom. The molecule has 1 amide bonds. The zero-order valence-electron chi connectivity index (χ0n) is 16.1. The van der Waals surface area contributed by atoms with Gasteiger partial charge in [0.2, 0.25) is 0 Å². The number of hydrogen-bond donors (Lipinski definition) is 0. The van der Waals surface area contributed by atoms with Gasteiger partial charge < -0.3 is 14.5 Å². The van der Waals surface area contributed by atoms with Crippen molar-refractivity contribution < 1.29 is 9.53 Å². The number of nitrogens with zero attached hydrogens (tertiary/aromatic N) is 3. The molecule has 0 unspecified atom stereocenters. The smallest absolute Gasteiger partial charge is 0.286 e. The Morgan fingerprint density at radius 3 is 2.43 bits per heavy atom. The van der Waals surface area contributed by atoms with Crippen LogP contribution in [0.3, 0.4) is 0 Å². The van der Waals surface area contributed by atoms with E-state index < -0.39 is 0 Å². The Balaban J connectivity index is 1.46. The molecule has 2 heterocycles. The van der Waals surface area contributed by atoms with Gasteiger partial charge in [-0.2, -0.15) is 4.99 Å². The summed E-state index contributed by atoms with van der Waals surface area (Å²) in [5.41, 5.74) is 4.41. The predicted octanol–water partition coefficient (Wildman–Crippen LogP) is 3.94. The molecule has 2 aromatic rings. The van der Waals surface area contributed by atoms with Crippen molar-refractivity contribution in [3.05, 3.63) is 64.6 Å². The molecule has 0 N–H and O–H groups in total. The van der Waals surface area contributed by atoms with Gasteiger partial charge in [0.1, 0.15) is 0 Å². The normalized spacial score (nSPS) is 18.5. The van der Waals surface area contributed by atoms with Crippen LogP contribution in [-0.4, -0.2) is 44.4 Å². The molecule has 0 saturated carbocycles. The van der Waals surface area contributed by atoms with Crippen molar-refractivity contribution in [2.24, 2.45) is 4.99 Å². The predicted molar refractivity (Wildman–Crippen MR) is 117 cm³/mol. The summed E-state index contributed by atoms with van der Waals surface area (Å²) in [5, 5.41) is 0.699. The van der Waals surface area contributed by atoms with Crippen LogP contribution in [0.1, 0.15) is 11.1 Å². The van der Waals surface area contributed by atoms with E-state index in [1.54, 1.807) is 0 Å². The van der Waals surface area contributed by atoms with Crippen molar-refractivity contribution in [1.29, 1.82) is 0 Å². The quantitative estimate of drug-likeness (QED) is 0.739. The van der Waals surface area contributed by atoms with Crippen LogP contribution in [-0.2, 0) is 9.53 Å². The van der Waals surface area contributed by atoms with Gasteiger partial charge in [-0.05, 0) is 54.6 Å². The molecular formula is C22H23N3O2S. The first-order chi connectivity index (χ1) is 13.6. The van der Waals surface area contributed by atoms with Crippen LogP contribution in [0.5, 0.6) is 0 Å². The third kappa shape index (κ3) is 4.13. The maximum Gasteiger partial charge on any atom is 0.286 e. The van der Waals surface area contributed by atoms with Crippen molar-refractivity contribution in [3.63, 3.8) is 0 Å². The van der Waals surface area contributed by atoms with E-state index in [-0.39, 0.29) is 5.91 Å². The first kappa shape index (κ1) is 18.8. The minimum Gasteiger partial charge on any atom is -0.378 e. The summed E-state index contributed by atoms with van der Waals surface area (Å²) >= 11 is 1.41. The first-order valence-electron chi connectivity index (χ1n) is 9.36. The van der Waals surface area contributed by atoms with Gasteiger partial charge in [-0.3, -0.25) is 4.79 Å². The molecule has 0 aromatic heterocycles. The number of hydrogen-bond acceptors (Lipinski definition) is 5. The third-order valence-corrected chi connectivity index (χ3v) is 5.94. The zero-order valence-corrected chi connectivity index (χ0v) is 16.9. The zero-order chi connectivity index (χ0) is 19.5. The van der Waals surface area contributed by atoms with Crippen LogP contribution in [0.25, 0.3) is 6.08 Å². The van der Waals surface area contributed by atoms with Gasteiger partial charge >= 0.3 is 0 Å². The molecule has 2 aliphatic heterocycles. The van der Waals surface area contributed by atoms with Crippen LogP contribution in [0.4, 0.5) is 11.4 Å². The molecule has 0 spiro atoms. The minimum atomic E-state index is -0.184. The minimum absolute atomic E-state index is 0.184. The summed E-state index contributed by atoms with van der Waals surface area (Å²) in [6.45, 7) is 5.42. The van der Waals surface area contributed by atoms with Gasteiger partial charge in [-0.15, -0.1) is 0 Å². The van der Waals surface area contributed by atoms with Crippen molar-refractivity contribution >= 4 is 40.3 Å². The number of aliphatic imine (C=N–C) groups is 1. The molecule has 28 heavy (non-hydrogen) atoms. The molecule has 0 radical (unpaired) electrons. The molecule has 0 atom stereocenters. The van der Waals surface area contributed by atoms with Gasteiger partial charge in [0.15, 0.2) is 5.17 Å². The van der Waals surface area contributed by atoms with E-state index in [2.05, 4.69) is 41.1 Å². The summed E-state index contributed by atoms with van der Waals surface area (Å²) in [6, 6.07) is 16.5. The lowest BCUT2D eigenvalue weighted by Crippen LogP contribution is -2.36. The highest BCUT2D eigenvalue weighted by molar-refractivity contribution is 8.18. The van der Waals surface area contributed by atoms with Gasteiger partial charge in [-0.1, -0.05) is 29.8 Å². The molecule has 0 aliphatic carbocycles. The molecule has 6 heteroatoms. The molecule has 4 rings (SSSR count). The number of anilines is 2. The molecule has 0 bridgehead atoms. The van der Waals surface area contributed by atoms with E-state index in [9.17, 15) is 4.79 Å². The first-order valence-corrected chi connectivity index (χ1v) is 10.2. The van der Waals surface area contributed by atoms with Crippen LogP contribution in [0.15, 0.2) is 58.4 Å². The molecule has 1 saturated heterocycles. The molecule has 1 fully saturated rings. The highest BCUT2D eigenvalue weighted by atomic mass is 32.2. The number of amidine groups is 1. The molecule has 2 aromatic carbocycles. The van der Waals surface area contributed by atoms with Gasteiger partial charge in [0.05, 0.1) is 18.1 Å². The van der Waals surface area contributed by atoms with E-state index >= 15 is 0 Å². The van der Waals surface area contributed by atoms with Crippen LogP contribution in [0, 0.1) is 6.92 Å². The van der Waals surface area contributed by atoms with Crippen LogP contribution in [0.2, 0.25) is 0 Å². The number of carbonyl (C=O) groups is 1. The van der Waals surface area contributed by atoms with E-state index in [4.69, 9.17) is 4.74 Å². The Hall–Kier alpha value is -2.57. The monoisotopic (exact) mass is 393 g/mol. The maximum absolute atomic E-state index is 12.4.